The normalized spacial score (nSPS) is 17.7. The quantitative estimate of drug-likeness (QED) is 0.937. The molecular weight excluding hydrogens is 278 g/mol. The molecule has 114 valence electrons. The summed E-state index contributed by atoms with van der Waals surface area (Å²) in [5.41, 5.74) is 1.89. The molecule has 1 N–H and O–H groups in total. The van der Waals surface area contributed by atoms with Gasteiger partial charge in [0.1, 0.15) is 11.8 Å². The van der Waals surface area contributed by atoms with Crippen LogP contribution in [0, 0.1) is 0 Å². The topological polar surface area (TPSA) is 49.8 Å². The van der Waals surface area contributed by atoms with Crippen LogP contribution in [0.2, 0.25) is 0 Å². The summed E-state index contributed by atoms with van der Waals surface area (Å²) in [4.78, 5) is 13.3. The second-order valence-electron chi connectivity index (χ2n) is 5.52. The molecule has 0 aromatic heterocycles. The van der Waals surface area contributed by atoms with Crippen LogP contribution >= 0.6 is 0 Å². The summed E-state index contributed by atoms with van der Waals surface area (Å²) in [6.45, 7) is 4.60. The van der Waals surface area contributed by atoms with Gasteiger partial charge in [-0.05, 0) is 47.9 Å². The highest BCUT2D eigenvalue weighted by atomic mass is 16.5. The number of carboxylic acids is 1. The van der Waals surface area contributed by atoms with Crippen molar-refractivity contribution < 1.29 is 14.6 Å². The first kappa shape index (κ1) is 14.4. The number of carbonyl (C=O) groups is 1. The van der Waals surface area contributed by atoms with Gasteiger partial charge in [0.15, 0.2) is 0 Å². The van der Waals surface area contributed by atoms with Crippen molar-refractivity contribution in [3.8, 4) is 5.75 Å². The number of ether oxygens (including phenoxy) is 1. The highest BCUT2D eigenvalue weighted by Gasteiger charge is 2.30. The van der Waals surface area contributed by atoms with Crippen molar-refractivity contribution in [3.63, 3.8) is 0 Å². The number of hydrogen-bond donors (Lipinski definition) is 1. The summed E-state index contributed by atoms with van der Waals surface area (Å²) in [6, 6.07) is 9.62. The lowest BCUT2D eigenvalue weighted by molar-refractivity contribution is -0.138. The second kappa shape index (κ2) is 5.72. The minimum absolute atomic E-state index is 0.422. The van der Waals surface area contributed by atoms with Crippen molar-refractivity contribution in [1.29, 1.82) is 0 Å². The Bertz CT molecular complexity index is 738. The number of carboxylic acid groups (broad SMARTS) is 1. The molecule has 1 fully saturated rings. The molecule has 1 aliphatic rings. The fourth-order valence-corrected chi connectivity index (χ4v) is 3.13. The lowest BCUT2D eigenvalue weighted by atomic mass is 10.0. The zero-order valence-electron chi connectivity index (χ0n) is 12.6. The molecular formula is C18H19NO3. The van der Waals surface area contributed by atoms with E-state index < -0.39 is 12.0 Å². The minimum atomic E-state index is -0.751. The van der Waals surface area contributed by atoms with E-state index in [9.17, 15) is 9.90 Å². The van der Waals surface area contributed by atoms with Crippen LogP contribution in [0.3, 0.4) is 0 Å². The van der Waals surface area contributed by atoms with Crippen LogP contribution in [0.4, 0.5) is 5.69 Å². The third-order valence-corrected chi connectivity index (χ3v) is 4.26. The lowest BCUT2D eigenvalue weighted by Gasteiger charge is -2.24. The average molecular weight is 297 g/mol. The monoisotopic (exact) mass is 297 g/mol. The van der Waals surface area contributed by atoms with E-state index in [-0.39, 0.29) is 0 Å². The highest BCUT2D eigenvalue weighted by molar-refractivity contribution is 5.90. The molecule has 22 heavy (non-hydrogen) atoms. The van der Waals surface area contributed by atoms with Gasteiger partial charge < -0.3 is 14.7 Å². The van der Waals surface area contributed by atoms with Crippen molar-refractivity contribution in [3.05, 3.63) is 42.5 Å². The summed E-state index contributed by atoms with van der Waals surface area (Å²) < 4.78 is 5.36. The molecule has 0 spiro atoms. The minimum Gasteiger partial charge on any atom is -0.496 e. The van der Waals surface area contributed by atoms with Gasteiger partial charge in [-0.1, -0.05) is 18.7 Å². The first-order valence-corrected chi connectivity index (χ1v) is 7.37. The summed E-state index contributed by atoms with van der Waals surface area (Å²) >= 11 is 0. The van der Waals surface area contributed by atoms with Gasteiger partial charge in [-0.2, -0.15) is 0 Å². The predicted octanol–water partition coefficient (Wildman–Crippen LogP) is 3.54. The van der Waals surface area contributed by atoms with Crippen molar-refractivity contribution in [2.45, 2.75) is 18.9 Å². The summed E-state index contributed by atoms with van der Waals surface area (Å²) in [5, 5.41) is 11.5. The molecule has 2 aromatic carbocycles. The van der Waals surface area contributed by atoms with E-state index in [1.165, 1.54) is 0 Å². The lowest BCUT2D eigenvalue weighted by Crippen LogP contribution is -2.35. The van der Waals surface area contributed by atoms with E-state index in [2.05, 4.69) is 6.58 Å². The van der Waals surface area contributed by atoms with E-state index in [0.717, 1.165) is 40.7 Å². The van der Waals surface area contributed by atoms with Crippen LogP contribution in [0.5, 0.6) is 5.75 Å². The van der Waals surface area contributed by atoms with Crippen LogP contribution in [0.25, 0.3) is 16.8 Å². The molecule has 1 saturated heterocycles. The Kier molecular flexibility index (Phi) is 3.75. The molecule has 1 aliphatic heterocycles. The number of hydrogen-bond acceptors (Lipinski definition) is 3. The fraction of sp³-hybridized carbons (Fsp3) is 0.278. The number of nitrogens with zero attached hydrogens (tertiary/aromatic N) is 1. The van der Waals surface area contributed by atoms with Crippen molar-refractivity contribution in [2.75, 3.05) is 18.6 Å². The molecule has 3 rings (SSSR count). The Hall–Kier alpha value is -2.49. The Morgan fingerprint density at radius 3 is 2.86 bits per heavy atom. The fourth-order valence-electron chi connectivity index (χ4n) is 3.13. The molecule has 0 saturated carbocycles. The third-order valence-electron chi connectivity index (χ3n) is 4.26. The highest BCUT2D eigenvalue weighted by Crippen LogP contribution is 2.32. The van der Waals surface area contributed by atoms with E-state index in [4.69, 9.17) is 4.74 Å². The van der Waals surface area contributed by atoms with Gasteiger partial charge in [0.2, 0.25) is 0 Å². The maximum atomic E-state index is 11.4. The molecule has 4 heteroatoms. The number of fused-ring (bicyclic) bond motifs is 1. The molecule has 0 aliphatic carbocycles. The van der Waals surface area contributed by atoms with Crippen molar-refractivity contribution in [2.24, 2.45) is 0 Å². The standard InChI is InChI=1S/C18H19NO3/c1-3-12-9-14-10-15(7-6-13(14)11-17(12)22-2)19-8-4-5-16(19)18(20)21/h3,6-7,9-11,16H,1,4-5,8H2,2H3,(H,20,21). The first-order chi connectivity index (χ1) is 10.6. The second-order valence-corrected chi connectivity index (χ2v) is 5.52. The third kappa shape index (κ3) is 2.41. The molecule has 1 atom stereocenters. The SMILES string of the molecule is C=Cc1cc2cc(N3CCCC3C(=O)O)ccc2cc1OC. The molecule has 4 nitrogen and oxygen atoms in total. The Morgan fingerprint density at radius 1 is 1.36 bits per heavy atom. The zero-order valence-corrected chi connectivity index (χ0v) is 12.6. The molecule has 1 heterocycles. The molecule has 0 radical (unpaired) electrons. The van der Waals surface area contributed by atoms with E-state index in [1.807, 2.05) is 35.2 Å². The van der Waals surface area contributed by atoms with Gasteiger partial charge in [-0.25, -0.2) is 4.79 Å². The molecule has 0 amide bonds. The average Bonchev–Trinajstić information content (AvgIpc) is 3.02. The summed E-state index contributed by atoms with van der Waals surface area (Å²) in [6.07, 6.45) is 3.38. The van der Waals surface area contributed by atoms with Gasteiger partial charge in [-0.3, -0.25) is 0 Å². The van der Waals surface area contributed by atoms with Crippen LogP contribution in [0.15, 0.2) is 36.9 Å². The first-order valence-electron chi connectivity index (χ1n) is 7.37. The van der Waals surface area contributed by atoms with Crippen molar-refractivity contribution in [1.82, 2.24) is 0 Å². The largest absolute Gasteiger partial charge is 0.496 e. The van der Waals surface area contributed by atoms with E-state index >= 15 is 0 Å². The van der Waals surface area contributed by atoms with Crippen molar-refractivity contribution >= 4 is 28.5 Å². The number of benzene rings is 2. The summed E-state index contributed by atoms with van der Waals surface area (Å²) in [5.74, 6) is 0.0407. The van der Waals surface area contributed by atoms with Crippen LogP contribution < -0.4 is 9.64 Å². The van der Waals surface area contributed by atoms with Crippen LogP contribution in [0.1, 0.15) is 18.4 Å². The van der Waals surface area contributed by atoms with E-state index in [0.29, 0.717) is 6.42 Å². The maximum absolute atomic E-state index is 11.4. The Labute approximate surface area is 129 Å². The predicted molar refractivity (Wildman–Crippen MR) is 88.6 cm³/mol. The van der Waals surface area contributed by atoms with Gasteiger partial charge in [0.25, 0.3) is 0 Å². The summed E-state index contributed by atoms with van der Waals surface area (Å²) in [7, 11) is 1.64. The molecule has 1 unspecified atom stereocenters. The van der Waals surface area contributed by atoms with Gasteiger partial charge in [0, 0.05) is 17.8 Å². The Balaban J connectivity index is 2.06. The van der Waals surface area contributed by atoms with Gasteiger partial charge in [-0.15, -0.1) is 0 Å². The number of aliphatic carboxylic acids is 1. The maximum Gasteiger partial charge on any atom is 0.326 e. The number of methoxy groups -OCH3 is 1. The van der Waals surface area contributed by atoms with Gasteiger partial charge in [0.05, 0.1) is 7.11 Å². The van der Waals surface area contributed by atoms with Crippen LogP contribution in [-0.4, -0.2) is 30.8 Å². The van der Waals surface area contributed by atoms with Gasteiger partial charge >= 0.3 is 5.97 Å². The smallest absolute Gasteiger partial charge is 0.326 e. The number of anilines is 1. The van der Waals surface area contributed by atoms with Crippen LogP contribution in [-0.2, 0) is 4.79 Å². The Morgan fingerprint density at radius 2 is 2.18 bits per heavy atom. The molecule has 2 aromatic rings. The molecule has 0 bridgehead atoms. The van der Waals surface area contributed by atoms with E-state index in [1.54, 1.807) is 13.2 Å². The number of rotatable bonds is 4. The zero-order chi connectivity index (χ0) is 15.7.